The predicted molar refractivity (Wildman–Crippen MR) is 57.9 cm³/mol. The molecule has 0 saturated heterocycles. The second-order valence-corrected chi connectivity index (χ2v) is 2.95. The van der Waals surface area contributed by atoms with Crippen LogP contribution in [0.25, 0.3) is 11.3 Å². The number of aromatic nitrogens is 1. The van der Waals surface area contributed by atoms with Crippen LogP contribution in [0.15, 0.2) is 47.4 Å². The average Bonchev–Trinajstić information content (AvgIpc) is 2.73. The fourth-order valence-corrected chi connectivity index (χ4v) is 0.964. The van der Waals surface area contributed by atoms with Crippen LogP contribution in [0.4, 0.5) is 0 Å². The van der Waals surface area contributed by atoms with Gasteiger partial charge in [-0.15, -0.1) is 0 Å². The smallest absolute Gasteiger partial charge is 0.181 e. The molecule has 0 fully saturated rings. The zero-order valence-corrected chi connectivity index (χ0v) is 8.60. The van der Waals surface area contributed by atoms with E-state index in [1.807, 2.05) is 30.3 Å². The van der Waals surface area contributed by atoms with E-state index in [0.717, 1.165) is 11.3 Å². The average molecular weight is 189 g/mol. The fraction of sp³-hybridized carbons (Fsp3) is 0.250. The van der Waals surface area contributed by atoms with Crippen LogP contribution < -0.4 is 0 Å². The summed E-state index contributed by atoms with van der Waals surface area (Å²) in [4.78, 5) is 4.02. The Labute approximate surface area is 84.6 Å². The Morgan fingerprint density at radius 1 is 1.14 bits per heavy atom. The summed E-state index contributed by atoms with van der Waals surface area (Å²) in [5.74, 6) is 0. The summed E-state index contributed by atoms with van der Waals surface area (Å²) >= 11 is 0. The van der Waals surface area contributed by atoms with Crippen LogP contribution in [-0.4, -0.2) is 4.98 Å². The summed E-state index contributed by atoms with van der Waals surface area (Å²) in [5.41, 5.74) is 1.96. The van der Waals surface area contributed by atoms with E-state index in [1.165, 1.54) is 12.8 Å². The maximum Gasteiger partial charge on any atom is 0.181 e. The lowest BCUT2D eigenvalue weighted by molar-refractivity contribution is 0.558. The Hall–Kier alpha value is -1.57. The molecular weight excluding hydrogens is 174 g/mol. The first-order valence-corrected chi connectivity index (χ1v) is 4.82. The molecule has 0 amide bonds. The zero-order valence-electron chi connectivity index (χ0n) is 8.60. The van der Waals surface area contributed by atoms with Crippen molar-refractivity contribution < 1.29 is 4.42 Å². The fourth-order valence-electron chi connectivity index (χ4n) is 0.964. The van der Waals surface area contributed by atoms with E-state index in [2.05, 4.69) is 18.8 Å². The number of hydrogen-bond donors (Lipinski definition) is 0. The Balaban J connectivity index is 0.000000293. The maximum atomic E-state index is 4.86. The standard InChI is InChI=1S/C9H7NO.C3H8/c1-2-4-8(5-3-1)9-6-11-7-10-9;1-3-2/h1-7H;3H2,1-2H3. The van der Waals surface area contributed by atoms with Crippen molar-refractivity contribution in [2.75, 3.05) is 0 Å². The largest absolute Gasteiger partial charge is 0.451 e. The topological polar surface area (TPSA) is 26.0 Å². The minimum Gasteiger partial charge on any atom is -0.451 e. The van der Waals surface area contributed by atoms with Gasteiger partial charge < -0.3 is 4.42 Å². The molecule has 2 rings (SSSR count). The molecule has 1 aromatic carbocycles. The lowest BCUT2D eigenvalue weighted by atomic mass is 10.2. The zero-order chi connectivity index (χ0) is 10.2. The Kier molecular flexibility index (Phi) is 4.48. The number of hydrogen-bond acceptors (Lipinski definition) is 2. The quantitative estimate of drug-likeness (QED) is 0.682. The second kappa shape index (κ2) is 5.97. The summed E-state index contributed by atoms with van der Waals surface area (Å²) in [6.45, 7) is 4.25. The van der Waals surface area contributed by atoms with E-state index in [1.54, 1.807) is 6.26 Å². The summed E-state index contributed by atoms with van der Waals surface area (Å²) in [6, 6.07) is 9.92. The number of oxazole rings is 1. The lowest BCUT2D eigenvalue weighted by Gasteiger charge is -1.91. The maximum absolute atomic E-state index is 4.86. The van der Waals surface area contributed by atoms with Gasteiger partial charge in [-0.25, -0.2) is 4.98 Å². The van der Waals surface area contributed by atoms with Crippen molar-refractivity contribution in [3.05, 3.63) is 43.0 Å². The van der Waals surface area contributed by atoms with Gasteiger partial charge in [0.05, 0.1) is 0 Å². The molecule has 2 heteroatoms. The molecule has 0 aliphatic heterocycles. The summed E-state index contributed by atoms with van der Waals surface area (Å²) in [6.07, 6.45) is 4.32. The third-order valence-electron chi connectivity index (χ3n) is 1.50. The van der Waals surface area contributed by atoms with Gasteiger partial charge in [-0.3, -0.25) is 0 Å². The molecule has 0 N–H and O–H groups in total. The predicted octanol–water partition coefficient (Wildman–Crippen LogP) is 3.76. The van der Waals surface area contributed by atoms with Crippen molar-refractivity contribution in [3.63, 3.8) is 0 Å². The molecule has 14 heavy (non-hydrogen) atoms. The molecule has 74 valence electrons. The Morgan fingerprint density at radius 2 is 1.79 bits per heavy atom. The minimum atomic E-state index is 0.880. The van der Waals surface area contributed by atoms with E-state index in [-0.39, 0.29) is 0 Å². The summed E-state index contributed by atoms with van der Waals surface area (Å²) < 4.78 is 4.86. The van der Waals surface area contributed by atoms with E-state index in [0.29, 0.717) is 0 Å². The molecule has 2 nitrogen and oxygen atoms in total. The SMILES string of the molecule is CCC.c1ccc(-c2cocn2)cc1. The van der Waals surface area contributed by atoms with Gasteiger partial charge in [-0.05, 0) is 0 Å². The van der Waals surface area contributed by atoms with Crippen LogP contribution in [0.2, 0.25) is 0 Å². The van der Waals surface area contributed by atoms with Gasteiger partial charge in [0.25, 0.3) is 0 Å². The van der Waals surface area contributed by atoms with E-state index >= 15 is 0 Å². The normalized spacial score (nSPS) is 9.00. The third kappa shape index (κ3) is 3.05. The van der Waals surface area contributed by atoms with Crippen molar-refractivity contribution in [1.82, 2.24) is 4.98 Å². The highest BCUT2D eigenvalue weighted by atomic mass is 16.3. The molecule has 0 unspecified atom stereocenters. The number of benzene rings is 1. The molecular formula is C12H15NO. The van der Waals surface area contributed by atoms with Crippen molar-refractivity contribution in [1.29, 1.82) is 0 Å². The molecule has 1 aromatic heterocycles. The van der Waals surface area contributed by atoms with Gasteiger partial charge in [-0.1, -0.05) is 50.6 Å². The molecule has 0 aliphatic rings. The molecule has 2 aromatic rings. The Morgan fingerprint density at radius 3 is 2.29 bits per heavy atom. The van der Waals surface area contributed by atoms with Crippen molar-refractivity contribution in [2.24, 2.45) is 0 Å². The Bertz CT molecular complexity index is 326. The van der Waals surface area contributed by atoms with E-state index in [4.69, 9.17) is 4.42 Å². The first-order chi connectivity index (χ1) is 6.88. The van der Waals surface area contributed by atoms with Gasteiger partial charge in [0.15, 0.2) is 6.39 Å². The van der Waals surface area contributed by atoms with Gasteiger partial charge in [0.2, 0.25) is 0 Å². The second-order valence-electron chi connectivity index (χ2n) is 2.95. The molecule has 0 spiro atoms. The monoisotopic (exact) mass is 189 g/mol. The number of rotatable bonds is 1. The van der Waals surface area contributed by atoms with Crippen molar-refractivity contribution in [3.8, 4) is 11.3 Å². The molecule has 1 heterocycles. The van der Waals surface area contributed by atoms with E-state index < -0.39 is 0 Å². The highest BCUT2D eigenvalue weighted by molar-refractivity contribution is 5.56. The first-order valence-electron chi connectivity index (χ1n) is 4.82. The highest BCUT2D eigenvalue weighted by Gasteiger charge is 1.96. The van der Waals surface area contributed by atoms with Gasteiger partial charge in [0.1, 0.15) is 12.0 Å². The van der Waals surface area contributed by atoms with Gasteiger partial charge in [0, 0.05) is 5.56 Å². The van der Waals surface area contributed by atoms with Crippen LogP contribution in [0.5, 0.6) is 0 Å². The first kappa shape index (κ1) is 10.5. The minimum absolute atomic E-state index is 0.880. The van der Waals surface area contributed by atoms with Gasteiger partial charge >= 0.3 is 0 Å². The van der Waals surface area contributed by atoms with Gasteiger partial charge in [-0.2, -0.15) is 0 Å². The third-order valence-corrected chi connectivity index (χ3v) is 1.50. The molecule has 0 bridgehead atoms. The van der Waals surface area contributed by atoms with E-state index in [9.17, 15) is 0 Å². The van der Waals surface area contributed by atoms with Crippen LogP contribution >= 0.6 is 0 Å². The summed E-state index contributed by atoms with van der Waals surface area (Å²) in [5, 5.41) is 0. The lowest BCUT2D eigenvalue weighted by Crippen LogP contribution is -1.73. The summed E-state index contributed by atoms with van der Waals surface area (Å²) in [7, 11) is 0. The molecule has 0 radical (unpaired) electrons. The number of nitrogens with zero attached hydrogens (tertiary/aromatic N) is 1. The molecule has 0 aliphatic carbocycles. The van der Waals surface area contributed by atoms with Crippen LogP contribution in [0, 0.1) is 0 Å². The van der Waals surface area contributed by atoms with Crippen molar-refractivity contribution >= 4 is 0 Å². The van der Waals surface area contributed by atoms with Crippen molar-refractivity contribution in [2.45, 2.75) is 20.3 Å². The van der Waals surface area contributed by atoms with Crippen LogP contribution in [0.3, 0.4) is 0 Å². The molecule has 0 saturated carbocycles. The van der Waals surface area contributed by atoms with Crippen LogP contribution in [-0.2, 0) is 0 Å². The molecule has 0 atom stereocenters. The van der Waals surface area contributed by atoms with Crippen LogP contribution in [0.1, 0.15) is 20.3 Å². The highest BCUT2D eigenvalue weighted by Crippen LogP contribution is 2.14.